The lowest BCUT2D eigenvalue weighted by atomic mass is 10.1. The summed E-state index contributed by atoms with van der Waals surface area (Å²) in [5.74, 6) is 1.33. The van der Waals surface area contributed by atoms with Crippen LogP contribution >= 0.6 is 0 Å². The first-order valence-corrected chi connectivity index (χ1v) is 7.00. The first-order chi connectivity index (χ1) is 9.22. The number of carbonyl (C=O) groups excluding carboxylic acids is 1. The molecule has 0 aliphatic carbocycles. The van der Waals surface area contributed by atoms with Crippen molar-refractivity contribution in [2.24, 2.45) is 5.92 Å². The van der Waals surface area contributed by atoms with Gasteiger partial charge in [0.15, 0.2) is 0 Å². The maximum atomic E-state index is 12.1. The molecule has 1 atom stereocenters. The summed E-state index contributed by atoms with van der Waals surface area (Å²) in [6, 6.07) is 0. The zero-order chi connectivity index (χ0) is 13.2. The van der Waals surface area contributed by atoms with Gasteiger partial charge in [0.05, 0.1) is 0 Å². The van der Waals surface area contributed by atoms with Crippen molar-refractivity contribution in [2.45, 2.75) is 19.4 Å². The Hall–Kier alpha value is -1.56. The summed E-state index contributed by atoms with van der Waals surface area (Å²) in [5, 5.41) is 6.21. The number of nitrogens with one attached hydrogen (secondary N) is 2. The van der Waals surface area contributed by atoms with Gasteiger partial charge in [0.25, 0.3) is 5.91 Å². The first kappa shape index (κ1) is 12.5. The monoisotopic (exact) mass is 263 g/mol. The molecule has 19 heavy (non-hydrogen) atoms. The largest absolute Gasteiger partial charge is 0.356 e. The number of imidazole rings is 1. The highest BCUT2D eigenvalue weighted by molar-refractivity contribution is 5.92. The highest BCUT2D eigenvalue weighted by Gasteiger charge is 2.21. The molecule has 1 aromatic heterocycles. The Morgan fingerprint density at radius 1 is 1.58 bits per heavy atom. The zero-order valence-electron chi connectivity index (χ0n) is 11.4. The summed E-state index contributed by atoms with van der Waals surface area (Å²) in [5.41, 5.74) is 0.524. The van der Waals surface area contributed by atoms with E-state index in [2.05, 4.69) is 27.6 Å². The van der Waals surface area contributed by atoms with E-state index in [4.69, 9.17) is 0 Å². The highest BCUT2D eigenvalue weighted by Crippen LogP contribution is 2.15. The van der Waals surface area contributed by atoms with Crippen molar-refractivity contribution in [1.82, 2.24) is 19.8 Å². The molecule has 0 bridgehead atoms. The summed E-state index contributed by atoms with van der Waals surface area (Å²) in [7, 11) is 2.12. The average molecular weight is 263 g/mol. The standard InChI is InChI=1S/C13H21N5O/c1-17-6-3-10(8-17)7-15-12(19)11-9-18-5-2-4-14-13(18)16-11/h9-10H,2-8H2,1H3,(H,14,16)(H,15,19). The van der Waals surface area contributed by atoms with Crippen LogP contribution in [0.1, 0.15) is 23.3 Å². The second-order valence-corrected chi connectivity index (χ2v) is 5.55. The normalized spacial score (nSPS) is 22.9. The predicted molar refractivity (Wildman–Crippen MR) is 73.3 cm³/mol. The highest BCUT2D eigenvalue weighted by atomic mass is 16.1. The van der Waals surface area contributed by atoms with Gasteiger partial charge in [-0.15, -0.1) is 0 Å². The molecule has 2 aliphatic rings. The Balaban J connectivity index is 1.56. The van der Waals surface area contributed by atoms with Crippen molar-refractivity contribution in [1.29, 1.82) is 0 Å². The molecule has 3 heterocycles. The number of aromatic nitrogens is 2. The van der Waals surface area contributed by atoms with Gasteiger partial charge in [-0.05, 0) is 32.4 Å². The van der Waals surface area contributed by atoms with E-state index in [1.165, 1.54) is 0 Å². The Morgan fingerprint density at radius 3 is 3.21 bits per heavy atom. The number of hydrogen-bond donors (Lipinski definition) is 2. The van der Waals surface area contributed by atoms with Gasteiger partial charge in [0, 0.05) is 32.4 Å². The van der Waals surface area contributed by atoms with Crippen LogP contribution < -0.4 is 10.6 Å². The van der Waals surface area contributed by atoms with Crippen molar-refractivity contribution >= 4 is 11.9 Å². The van der Waals surface area contributed by atoms with Gasteiger partial charge in [-0.1, -0.05) is 0 Å². The number of nitrogens with zero attached hydrogens (tertiary/aromatic N) is 3. The predicted octanol–water partition coefficient (Wildman–Crippen LogP) is 0.380. The van der Waals surface area contributed by atoms with Gasteiger partial charge in [-0.3, -0.25) is 4.79 Å². The zero-order valence-corrected chi connectivity index (χ0v) is 11.4. The van der Waals surface area contributed by atoms with E-state index < -0.39 is 0 Å². The van der Waals surface area contributed by atoms with E-state index in [1.807, 2.05) is 10.8 Å². The second kappa shape index (κ2) is 5.21. The van der Waals surface area contributed by atoms with Crippen LogP contribution in [0.15, 0.2) is 6.20 Å². The van der Waals surface area contributed by atoms with Crippen molar-refractivity contribution < 1.29 is 4.79 Å². The summed E-state index contributed by atoms with van der Waals surface area (Å²) >= 11 is 0. The minimum absolute atomic E-state index is 0.0572. The molecule has 0 aromatic carbocycles. The SMILES string of the molecule is CN1CCC(CNC(=O)c2cn3c(n2)NCCC3)C1. The van der Waals surface area contributed by atoms with Gasteiger partial charge >= 0.3 is 0 Å². The molecule has 3 rings (SSSR count). The molecule has 2 aliphatic heterocycles. The molecule has 2 N–H and O–H groups in total. The molecule has 1 aromatic rings. The van der Waals surface area contributed by atoms with Gasteiger partial charge in [0.1, 0.15) is 5.69 Å². The summed E-state index contributed by atoms with van der Waals surface area (Å²) < 4.78 is 2.02. The molecule has 0 radical (unpaired) electrons. The van der Waals surface area contributed by atoms with Crippen LogP contribution in [-0.4, -0.2) is 53.6 Å². The van der Waals surface area contributed by atoms with E-state index in [9.17, 15) is 4.79 Å². The van der Waals surface area contributed by atoms with Crippen LogP contribution in [0.3, 0.4) is 0 Å². The third kappa shape index (κ3) is 2.73. The van der Waals surface area contributed by atoms with Crippen LogP contribution in [0.5, 0.6) is 0 Å². The Morgan fingerprint density at radius 2 is 2.47 bits per heavy atom. The molecule has 1 amide bonds. The van der Waals surface area contributed by atoms with E-state index in [0.717, 1.165) is 51.5 Å². The molecule has 0 spiro atoms. The van der Waals surface area contributed by atoms with E-state index in [-0.39, 0.29) is 5.91 Å². The third-order valence-electron chi connectivity index (χ3n) is 3.91. The fraction of sp³-hybridized carbons (Fsp3) is 0.692. The van der Waals surface area contributed by atoms with Crippen LogP contribution in [0.2, 0.25) is 0 Å². The Bertz CT molecular complexity index is 446. The van der Waals surface area contributed by atoms with Crippen molar-refractivity contribution in [3.05, 3.63) is 11.9 Å². The maximum Gasteiger partial charge on any atom is 0.271 e. The maximum absolute atomic E-state index is 12.1. The minimum Gasteiger partial charge on any atom is -0.356 e. The molecule has 6 nitrogen and oxygen atoms in total. The lowest BCUT2D eigenvalue weighted by Gasteiger charge is -2.14. The van der Waals surface area contributed by atoms with Gasteiger partial charge in [0.2, 0.25) is 5.95 Å². The number of anilines is 1. The van der Waals surface area contributed by atoms with E-state index in [0.29, 0.717) is 11.6 Å². The molecule has 104 valence electrons. The average Bonchev–Trinajstić information content (AvgIpc) is 3.01. The lowest BCUT2D eigenvalue weighted by molar-refractivity contribution is 0.0943. The molecular weight excluding hydrogens is 242 g/mol. The van der Waals surface area contributed by atoms with Crippen LogP contribution in [0, 0.1) is 5.92 Å². The van der Waals surface area contributed by atoms with Crippen LogP contribution in [0.4, 0.5) is 5.95 Å². The molecule has 6 heteroatoms. The van der Waals surface area contributed by atoms with E-state index in [1.54, 1.807) is 0 Å². The Labute approximate surface area is 113 Å². The van der Waals surface area contributed by atoms with Gasteiger partial charge < -0.3 is 20.1 Å². The van der Waals surface area contributed by atoms with Gasteiger partial charge in [-0.2, -0.15) is 0 Å². The number of fused-ring (bicyclic) bond motifs is 1. The number of carbonyl (C=O) groups is 1. The number of likely N-dealkylation sites (tertiary alicyclic amines) is 1. The minimum atomic E-state index is -0.0572. The van der Waals surface area contributed by atoms with E-state index >= 15 is 0 Å². The summed E-state index contributed by atoms with van der Waals surface area (Å²) in [6.07, 6.45) is 4.09. The van der Waals surface area contributed by atoms with Crippen molar-refractivity contribution in [2.75, 3.05) is 38.5 Å². The number of hydrogen-bond acceptors (Lipinski definition) is 4. The fourth-order valence-electron chi connectivity index (χ4n) is 2.81. The van der Waals surface area contributed by atoms with Crippen LogP contribution in [-0.2, 0) is 6.54 Å². The second-order valence-electron chi connectivity index (χ2n) is 5.55. The smallest absolute Gasteiger partial charge is 0.271 e. The fourth-order valence-corrected chi connectivity index (χ4v) is 2.81. The first-order valence-electron chi connectivity index (χ1n) is 7.00. The van der Waals surface area contributed by atoms with Crippen molar-refractivity contribution in [3.8, 4) is 0 Å². The summed E-state index contributed by atoms with van der Waals surface area (Å²) in [4.78, 5) is 18.7. The van der Waals surface area contributed by atoms with Crippen molar-refractivity contribution in [3.63, 3.8) is 0 Å². The topological polar surface area (TPSA) is 62.2 Å². The molecule has 1 fully saturated rings. The number of amides is 1. The summed E-state index contributed by atoms with van der Waals surface area (Å²) in [6.45, 7) is 4.83. The molecule has 0 saturated carbocycles. The number of aryl methyl sites for hydroxylation is 1. The Kier molecular flexibility index (Phi) is 3.42. The quantitative estimate of drug-likeness (QED) is 0.827. The molecule has 1 saturated heterocycles. The lowest BCUT2D eigenvalue weighted by Crippen LogP contribution is -2.30. The van der Waals surface area contributed by atoms with Crippen LogP contribution in [0.25, 0.3) is 0 Å². The number of rotatable bonds is 3. The van der Waals surface area contributed by atoms with Gasteiger partial charge in [-0.25, -0.2) is 4.98 Å². The molecular formula is C13H21N5O. The molecule has 1 unspecified atom stereocenters. The third-order valence-corrected chi connectivity index (χ3v) is 3.91.